The topological polar surface area (TPSA) is 37.3 Å². The lowest BCUT2D eigenvalue weighted by Gasteiger charge is -2.48. The molecule has 2 fully saturated rings. The molecule has 0 unspecified atom stereocenters. The van der Waals surface area contributed by atoms with Gasteiger partial charge in [-0.15, -0.1) is 0 Å². The number of rotatable bonds is 5. The first-order valence-corrected chi connectivity index (χ1v) is 10.0. The molecule has 0 aliphatic heterocycles. The second kappa shape index (κ2) is 7.88. The van der Waals surface area contributed by atoms with E-state index < -0.39 is 5.97 Å². The minimum atomic E-state index is -0.686. The highest BCUT2D eigenvalue weighted by Crippen LogP contribution is 2.52. The summed E-state index contributed by atoms with van der Waals surface area (Å²) >= 11 is 0. The molecule has 1 aromatic rings. The molecule has 0 spiro atoms. The van der Waals surface area contributed by atoms with Crippen LogP contribution in [0.25, 0.3) is 0 Å². The second-order valence-electron chi connectivity index (χ2n) is 8.25. The van der Waals surface area contributed by atoms with Crippen molar-refractivity contribution >= 4 is 5.97 Å². The maximum atomic E-state index is 14.7. The molecule has 3 heteroatoms. The van der Waals surface area contributed by atoms with Gasteiger partial charge in [0.2, 0.25) is 0 Å². The van der Waals surface area contributed by atoms with Crippen molar-refractivity contribution in [2.24, 2.45) is 17.8 Å². The van der Waals surface area contributed by atoms with Crippen LogP contribution in [0.15, 0.2) is 24.3 Å². The highest BCUT2D eigenvalue weighted by Gasteiger charge is 2.46. The largest absolute Gasteiger partial charge is 0.481 e. The zero-order valence-corrected chi connectivity index (χ0v) is 15.3. The maximum absolute atomic E-state index is 14.7. The monoisotopic (exact) mass is 346 g/mol. The first-order chi connectivity index (χ1) is 12.1. The van der Waals surface area contributed by atoms with Crippen molar-refractivity contribution in [1.29, 1.82) is 0 Å². The molecule has 2 saturated carbocycles. The SMILES string of the molecule is CCCC1CCC(C2(c3ccccc3F)CCC(C(=O)O)CC2)CC1. The first-order valence-electron chi connectivity index (χ1n) is 10.0. The number of aliphatic carboxylic acids is 1. The smallest absolute Gasteiger partial charge is 0.306 e. The number of benzene rings is 1. The lowest BCUT2D eigenvalue weighted by molar-refractivity contribution is -0.143. The van der Waals surface area contributed by atoms with E-state index in [1.165, 1.54) is 25.7 Å². The standard InChI is InChI=1S/C22H31FO2/c1-2-5-16-8-10-18(11-9-16)22(19-6-3-4-7-20(19)23)14-12-17(13-15-22)21(24)25/h3-4,6-7,16-18H,2,5,8-15H2,1H3,(H,24,25). The van der Waals surface area contributed by atoms with E-state index in [0.717, 1.165) is 37.2 Å². The van der Waals surface area contributed by atoms with Crippen molar-refractivity contribution in [2.75, 3.05) is 0 Å². The van der Waals surface area contributed by atoms with Crippen molar-refractivity contribution in [3.05, 3.63) is 35.6 Å². The van der Waals surface area contributed by atoms with Crippen LogP contribution in [0.2, 0.25) is 0 Å². The predicted molar refractivity (Wildman–Crippen MR) is 98.0 cm³/mol. The Morgan fingerprint density at radius 2 is 1.76 bits per heavy atom. The Hall–Kier alpha value is -1.38. The minimum Gasteiger partial charge on any atom is -0.481 e. The average Bonchev–Trinajstić information content (AvgIpc) is 2.63. The molecule has 0 aromatic heterocycles. The zero-order valence-electron chi connectivity index (χ0n) is 15.3. The summed E-state index contributed by atoms with van der Waals surface area (Å²) in [6.45, 7) is 2.25. The summed E-state index contributed by atoms with van der Waals surface area (Å²) in [5.41, 5.74) is 0.687. The van der Waals surface area contributed by atoms with Crippen LogP contribution in [0.3, 0.4) is 0 Å². The Morgan fingerprint density at radius 3 is 2.32 bits per heavy atom. The lowest BCUT2D eigenvalue weighted by Crippen LogP contribution is -2.42. The van der Waals surface area contributed by atoms with Gasteiger partial charge in [-0.1, -0.05) is 50.8 Å². The molecule has 0 heterocycles. The number of carboxylic acids is 1. The van der Waals surface area contributed by atoms with E-state index in [0.29, 0.717) is 18.8 Å². The molecule has 0 amide bonds. The molecule has 0 bridgehead atoms. The lowest BCUT2D eigenvalue weighted by atomic mass is 9.56. The van der Waals surface area contributed by atoms with Gasteiger partial charge in [-0.05, 0) is 62.0 Å². The Morgan fingerprint density at radius 1 is 1.12 bits per heavy atom. The molecule has 1 N–H and O–H groups in total. The van der Waals surface area contributed by atoms with Crippen LogP contribution in [-0.2, 0) is 10.2 Å². The van der Waals surface area contributed by atoms with Crippen molar-refractivity contribution in [3.63, 3.8) is 0 Å². The van der Waals surface area contributed by atoms with Gasteiger partial charge in [-0.2, -0.15) is 0 Å². The van der Waals surface area contributed by atoms with E-state index in [4.69, 9.17) is 0 Å². The third-order valence-electron chi connectivity index (χ3n) is 6.96. The molecular weight excluding hydrogens is 315 g/mol. The van der Waals surface area contributed by atoms with Crippen LogP contribution in [0.5, 0.6) is 0 Å². The normalized spacial score (nSPS) is 33.1. The van der Waals surface area contributed by atoms with Gasteiger partial charge in [0.15, 0.2) is 0 Å². The second-order valence-corrected chi connectivity index (χ2v) is 8.25. The number of hydrogen-bond acceptors (Lipinski definition) is 1. The number of halogens is 1. The fourth-order valence-corrected chi connectivity index (χ4v) is 5.55. The van der Waals surface area contributed by atoms with E-state index in [-0.39, 0.29) is 17.2 Å². The van der Waals surface area contributed by atoms with Crippen molar-refractivity contribution < 1.29 is 14.3 Å². The summed E-state index contributed by atoms with van der Waals surface area (Å²) in [7, 11) is 0. The van der Waals surface area contributed by atoms with Gasteiger partial charge in [0.25, 0.3) is 0 Å². The van der Waals surface area contributed by atoms with Gasteiger partial charge in [0.1, 0.15) is 5.82 Å². The molecule has 1 aromatic carbocycles. The van der Waals surface area contributed by atoms with Crippen molar-refractivity contribution in [2.45, 2.75) is 76.5 Å². The highest BCUT2D eigenvalue weighted by molar-refractivity contribution is 5.70. The van der Waals surface area contributed by atoms with E-state index in [2.05, 4.69) is 6.92 Å². The zero-order chi connectivity index (χ0) is 17.9. The average molecular weight is 346 g/mol. The van der Waals surface area contributed by atoms with Gasteiger partial charge < -0.3 is 5.11 Å². The van der Waals surface area contributed by atoms with Crippen LogP contribution in [0.4, 0.5) is 4.39 Å². The Kier molecular flexibility index (Phi) is 5.81. The van der Waals surface area contributed by atoms with Gasteiger partial charge in [-0.25, -0.2) is 4.39 Å². The number of hydrogen-bond donors (Lipinski definition) is 1. The van der Waals surface area contributed by atoms with E-state index in [1.807, 2.05) is 12.1 Å². The van der Waals surface area contributed by atoms with Gasteiger partial charge in [0.05, 0.1) is 5.92 Å². The van der Waals surface area contributed by atoms with Crippen molar-refractivity contribution in [3.8, 4) is 0 Å². The van der Waals surface area contributed by atoms with E-state index in [1.54, 1.807) is 12.1 Å². The molecule has 0 radical (unpaired) electrons. The fourth-order valence-electron chi connectivity index (χ4n) is 5.55. The molecular formula is C22H31FO2. The molecule has 2 aliphatic rings. The third kappa shape index (κ3) is 3.75. The number of carbonyl (C=O) groups is 1. The molecule has 2 aliphatic carbocycles. The van der Waals surface area contributed by atoms with E-state index >= 15 is 0 Å². The van der Waals surface area contributed by atoms with Crippen LogP contribution < -0.4 is 0 Å². The fraction of sp³-hybridized carbons (Fsp3) is 0.682. The van der Waals surface area contributed by atoms with Crippen molar-refractivity contribution in [1.82, 2.24) is 0 Å². The summed E-state index contributed by atoms with van der Waals surface area (Å²) in [5, 5.41) is 9.36. The Balaban J connectivity index is 1.84. The van der Waals surface area contributed by atoms with Gasteiger partial charge in [-0.3, -0.25) is 4.79 Å². The molecule has 25 heavy (non-hydrogen) atoms. The Bertz CT molecular complexity index is 581. The molecule has 3 rings (SSSR count). The van der Waals surface area contributed by atoms with E-state index in [9.17, 15) is 14.3 Å². The van der Waals surface area contributed by atoms with Crippen LogP contribution >= 0.6 is 0 Å². The summed E-state index contributed by atoms with van der Waals surface area (Å²) in [5.74, 6) is 0.276. The summed E-state index contributed by atoms with van der Waals surface area (Å²) in [6, 6.07) is 7.22. The summed E-state index contributed by atoms with van der Waals surface area (Å²) in [6.07, 6.45) is 10.4. The van der Waals surface area contributed by atoms with Gasteiger partial charge in [0, 0.05) is 5.41 Å². The minimum absolute atomic E-state index is 0.105. The molecule has 0 atom stereocenters. The maximum Gasteiger partial charge on any atom is 0.306 e. The van der Waals surface area contributed by atoms with Gasteiger partial charge >= 0.3 is 5.97 Å². The molecule has 138 valence electrons. The van der Waals surface area contributed by atoms with Crippen LogP contribution in [0, 0.1) is 23.6 Å². The van der Waals surface area contributed by atoms with Crippen LogP contribution in [0.1, 0.15) is 76.7 Å². The first kappa shape index (κ1) is 18.4. The molecule has 0 saturated heterocycles. The number of carboxylic acid groups (broad SMARTS) is 1. The summed E-state index contributed by atoms with van der Waals surface area (Å²) < 4.78 is 14.7. The van der Waals surface area contributed by atoms with Crippen LogP contribution in [-0.4, -0.2) is 11.1 Å². The predicted octanol–water partition coefficient (Wildman–Crippen LogP) is 5.94. The quantitative estimate of drug-likeness (QED) is 0.716. The summed E-state index contributed by atoms with van der Waals surface area (Å²) in [4.78, 5) is 11.4. The molecule has 2 nitrogen and oxygen atoms in total. The third-order valence-corrected chi connectivity index (χ3v) is 6.96. The Labute approximate surface area is 150 Å². The highest BCUT2D eigenvalue weighted by atomic mass is 19.1.